The minimum atomic E-state index is -0.787. The lowest BCUT2D eigenvalue weighted by Gasteiger charge is -2.33. The Labute approximate surface area is 164 Å². The van der Waals surface area contributed by atoms with E-state index in [-0.39, 0.29) is 6.04 Å². The van der Waals surface area contributed by atoms with Crippen LogP contribution in [0.1, 0.15) is 36.0 Å². The number of nitrogens with one attached hydrogen (secondary N) is 3. The molecule has 2 fully saturated rings. The SMILES string of the molecule is Cc1ccc(C2NNCC2CNC2CCN(Cc3ccc(F)c(F)c3)CC2)o1. The monoisotopic (exact) mass is 390 g/mol. The molecule has 28 heavy (non-hydrogen) atoms. The summed E-state index contributed by atoms with van der Waals surface area (Å²) in [5, 5.41) is 3.71. The minimum Gasteiger partial charge on any atom is -0.465 e. The zero-order valence-corrected chi connectivity index (χ0v) is 16.2. The van der Waals surface area contributed by atoms with Crippen molar-refractivity contribution in [2.45, 2.75) is 38.4 Å². The maximum absolute atomic E-state index is 13.4. The van der Waals surface area contributed by atoms with E-state index >= 15 is 0 Å². The molecular weight excluding hydrogens is 362 g/mol. The average molecular weight is 390 g/mol. The van der Waals surface area contributed by atoms with Crippen LogP contribution in [-0.2, 0) is 6.54 Å². The molecule has 2 atom stereocenters. The summed E-state index contributed by atoms with van der Waals surface area (Å²) in [6.45, 7) is 6.38. The summed E-state index contributed by atoms with van der Waals surface area (Å²) >= 11 is 0. The lowest BCUT2D eigenvalue weighted by molar-refractivity contribution is 0.186. The fraction of sp³-hybridized carbons (Fsp3) is 0.524. The maximum atomic E-state index is 13.4. The third-order valence-corrected chi connectivity index (χ3v) is 5.81. The molecule has 2 unspecified atom stereocenters. The number of rotatable bonds is 6. The second-order valence-electron chi connectivity index (χ2n) is 7.92. The molecule has 0 amide bonds. The average Bonchev–Trinajstić information content (AvgIpc) is 3.33. The van der Waals surface area contributed by atoms with Crippen molar-refractivity contribution >= 4 is 0 Å². The van der Waals surface area contributed by atoms with Gasteiger partial charge >= 0.3 is 0 Å². The van der Waals surface area contributed by atoms with Gasteiger partial charge < -0.3 is 9.73 Å². The third-order valence-electron chi connectivity index (χ3n) is 5.81. The maximum Gasteiger partial charge on any atom is 0.159 e. The number of hydrogen-bond donors (Lipinski definition) is 3. The quantitative estimate of drug-likeness (QED) is 0.708. The molecule has 0 bridgehead atoms. The van der Waals surface area contributed by atoms with E-state index < -0.39 is 11.6 Å². The molecule has 7 heteroatoms. The number of hydrogen-bond acceptors (Lipinski definition) is 5. The zero-order chi connectivity index (χ0) is 19.5. The minimum absolute atomic E-state index is 0.190. The number of halogens is 2. The molecule has 2 aromatic rings. The summed E-state index contributed by atoms with van der Waals surface area (Å²) in [5.74, 6) is 0.796. The van der Waals surface area contributed by atoms with E-state index in [2.05, 4.69) is 21.1 Å². The van der Waals surface area contributed by atoms with Gasteiger partial charge in [-0.05, 0) is 62.7 Å². The summed E-state index contributed by atoms with van der Waals surface area (Å²) in [5.41, 5.74) is 7.39. The molecule has 2 aliphatic heterocycles. The highest BCUT2D eigenvalue weighted by Gasteiger charge is 2.31. The molecule has 0 radical (unpaired) electrons. The van der Waals surface area contributed by atoms with Crippen molar-refractivity contribution in [3.8, 4) is 0 Å². The normalized spacial score (nSPS) is 24.1. The van der Waals surface area contributed by atoms with E-state index in [4.69, 9.17) is 4.42 Å². The van der Waals surface area contributed by atoms with Crippen molar-refractivity contribution in [2.75, 3.05) is 26.2 Å². The van der Waals surface area contributed by atoms with Crippen molar-refractivity contribution < 1.29 is 13.2 Å². The fourth-order valence-electron chi connectivity index (χ4n) is 4.16. The molecule has 3 heterocycles. The predicted molar refractivity (Wildman–Crippen MR) is 103 cm³/mol. The number of furan rings is 1. The summed E-state index contributed by atoms with van der Waals surface area (Å²) in [6.07, 6.45) is 2.11. The lowest BCUT2D eigenvalue weighted by atomic mass is 9.98. The standard InChI is InChI=1S/C21H28F2N4O/c1-14-2-5-20(28-14)21-16(12-25-26-21)11-24-17-6-8-27(9-7-17)13-15-3-4-18(22)19(23)10-15/h2-5,10,16-17,21,24-26H,6-9,11-13H2,1H3. The topological polar surface area (TPSA) is 52.5 Å². The van der Waals surface area contributed by atoms with Gasteiger partial charge in [0.25, 0.3) is 0 Å². The molecule has 5 nitrogen and oxygen atoms in total. The van der Waals surface area contributed by atoms with E-state index in [0.717, 1.165) is 56.1 Å². The highest BCUT2D eigenvalue weighted by atomic mass is 19.2. The van der Waals surface area contributed by atoms with Gasteiger partial charge in [0.05, 0.1) is 6.04 Å². The molecule has 1 aromatic carbocycles. The first-order valence-corrected chi connectivity index (χ1v) is 10.0. The summed E-state index contributed by atoms with van der Waals surface area (Å²) in [6, 6.07) is 8.90. The molecular formula is C21H28F2N4O. The van der Waals surface area contributed by atoms with Crippen molar-refractivity contribution in [3.63, 3.8) is 0 Å². The van der Waals surface area contributed by atoms with Crippen LogP contribution in [0.15, 0.2) is 34.7 Å². The van der Waals surface area contributed by atoms with Crippen molar-refractivity contribution in [1.82, 2.24) is 21.1 Å². The first kappa shape index (κ1) is 19.5. The summed E-state index contributed by atoms with van der Waals surface area (Å²) in [4.78, 5) is 2.30. The molecule has 152 valence electrons. The summed E-state index contributed by atoms with van der Waals surface area (Å²) < 4.78 is 32.2. The van der Waals surface area contributed by atoms with E-state index in [1.54, 1.807) is 6.07 Å². The van der Waals surface area contributed by atoms with Gasteiger partial charge in [-0.2, -0.15) is 0 Å². The van der Waals surface area contributed by atoms with Gasteiger partial charge in [0.1, 0.15) is 11.5 Å². The largest absolute Gasteiger partial charge is 0.465 e. The van der Waals surface area contributed by atoms with Gasteiger partial charge in [0.15, 0.2) is 11.6 Å². The first-order valence-electron chi connectivity index (χ1n) is 10.0. The Morgan fingerprint density at radius 2 is 1.96 bits per heavy atom. The van der Waals surface area contributed by atoms with E-state index in [9.17, 15) is 8.78 Å². The Morgan fingerprint density at radius 1 is 1.14 bits per heavy atom. The van der Waals surface area contributed by atoms with Crippen LogP contribution in [0.5, 0.6) is 0 Å². The fourth-order valence-corrected chi connectivity index (χ4v) is 4.16. The predicted octanol–water partition coefficient (Wildman–Crippen LogP) is 2.89. The van der Waals surface area contributed by atoms with Gasteiger partial charge in [0, 0.05) is 31.6 Å². The van der Waals surface area contributed by atoms with Crippen LogP contribution in [0.25, 0.3) is 0 Å². The number of nitrogens with zero attached hydrogens (tertiary/aromatic N) is 1. The van der Waals surface area contributed by atoms with Gasteiger partial charge in [0.2, 0.25) is 0 Å². The first-order chi connectivity index (χ1) is 13.6. The highest BCUT2D eigenvalue weighted by Crippen LogP contribution is 2.26. The Bertz CT molecular complexity index is 788. The highest BCUT2D eigenvalue weighted by molar-refractivity contribution is 5.17. The van der Waals surface area contributed by atoms with Crippen LogP contribution >= 0.6 is 0 Å². The van der Waals surface area contributed by atoms with Crippen LogP contribution in [0.4, 0.5) is 8.78 Å². The van der Waals surface area contributed by atoms with Crippen LogP contribution in [0.2, 0.25) is 0 Å². The Morgan fingerprint density at radius 3 is 2.68 bits per heavy atom. The number of hydrazine groups is 1. The molecule has 0 saturated carbocycles. The van der Waals surface area contributed by atoms with Crippen molar-refractivity contribution in [3.05, 3.63) is 59.1 Å². The van der Waals surface area contributed by atoms with E-state index in [1.165, 1.54) is 12.1 Å². The van der Waals surface area contributed by atoms with E-state index in [1.807, 2.05) is 19.1 Å². The molecule has 0 spiro atoms. The molecule has 2 saturated heterocycles. The van der Waals surface area contributed by atoms with E-state index in [0.29, 0.717) is 18.5 Å². The molecule has 3 N–H and O–H groups in total. The van der Waals surface area contributed by atoms with Gasteiger partial charge in [-0.1, -0.05) is 6.07 Å². The van der Waals surface area contributed by atoms with Crippen LogP contribution in [-0.4, -0.2) is 37.1 Å². The molecule has 2 aliphatic rings. The molecule has 1 aromatic heterocycles. The Kier molecular flexibility index (Phi) is 6.06. The van der Waals surface area contributed by atoms with Crippen LogP contribution < -0.4 is 16.2 Å². The number of aryl methyl sites for hydroxylation is 1. The number of benzene rings is 1. The summed E-state index contributed by atoms with van der Waals surface area (Å²) in [7, 11) is 0. The zero-order valence-electron chi connectivity index (χ0n) is 16.2. The van der Waals surface area contributed by atoms with Gasteiger partial charge in [-0.15, -0.1) is 0 Å². The third kappa shape index (κ3) is 4.60. The second kappa shape index (κ2) is 8.69. The molecule has 4 rings (SSSR count). The lowest BCUT2D eigenvalue weighted by Crippen LogP contribution is -2.44. The molecule has 0 aliphatic carbocycles. The van der Waals surface area contributed by atoms with Crippen LogP contribution in [0.3, 0.4) is 0 Å². The number of likely N-dealkylation sites (tertiary alicyclic amines) is 1. The van der Waals surface area contributed by atoms with Crippen molar-refractivity contribution in [1.29, 1.82) is 0 Å². The Hall–Kier alpha value is -1.80. The second-order valence-corrected chi connectivity index (χ2v) is 7.92. The smallest absolute Gasteiger partial charge is 0.159 e. The number of piperidine rings is 1. The van der Waals surface area contributed by atoms with Gasteiger partial charge in [-0.25, -0.2) is 14.2 Å². The van der Waals surface area contributed by atoms with Crippen molar-refractivity contribution in [2.24, 2.45) is 5.92 Å². The Balaban J connectivity index is 1.22. The van der Waals surface area contributed by atoms with Crippen LogP contribution in [0, 0.1) is 24.5 Å². The van der Waals surface area contributed by atoms with Gasteiger partial charge in [-0.3, -0.25) is 10.3 Å².